The van der Waals surface area contributed by atoms with Gasteiger partial charge >= 0.3 is 0 Å². The third kappa shape index (κ3) is 2.94. The van der Waals surface area contributed by atoms with E-state index in [1.807, 2.05) is 13.1 Å². The number of anilines is 1. The van der Waals surface area contributed by atoms with Crippen molar-refractivity contribution in [1.82, 2.24) is 4.98 Å². The molecule has 0 saturated heterocycles. The molecule has 1 heterocycles. The molecule has 1 aliphatic rings. The second-order valence-corrected chi connectivity index (χ2v) is 5.39. The first-order chi connectivity index (χ1) is 7.16. The van der Waals surface area contributed by atoms with Crippen molar-refractivity contribution in [3.05, 3.63) is 22.3 Å². The van der Waals surface area contributed by atoms with Crippen molar-refractivity contribution in [1.29, 1.82) is 0 Å². The lowest BCUT2D eigenvalue weighted by Crippen LogP contribution is -2.14. The molecule has 1 saturated carbocycles. The second kappa shape index (κ2) is 4.52. The monoisotopic (exact) mass is 268 g/mol. The lowest BCUT2D eigenvalue weighted by molar-refractivity contribution is 0.536. The average molecular weight is 269 g/mol. The van der Waals surface area contributed by atoms with Gasteiger partial charge in [0.2, 0.25) is 0 Å². The zero-order valence-corrected chi connectivity index (χ0v) is 10.8. The Morgan fingerprint density at radius 1 is 1.60 bits per heavy atom. The number of rotatable bonds is 4. The van der Waals surface area contributed by atoms with Crippen molar-refractivity contribution < 1.29 is 0 Å². The smallest absolute Gasteiger partial charge is 0.140 e. The first-order valence-corrected chi connectivity index (χ1v) is 6.32. The van der Waals surface area contributed by atoms with Crippen LogP contribution >= 0.6 is 15.9 Å². The Morgan fingerprint density at radius 2 is 2.33 bits per heavy atom. The summed E-state index contributed by atoms with van der Waals surface area (Å²) < 4.78 is 1.06. The second-order valence-electron chi connectivity index (χ2n) is 4.54. The molecule has 1 aliphatic carbocycles. The maximum absolute atomic E-state index is 4.37. The van der Waals surface area contributed by atoms with E-state index >= 15 is 0 Å². The third-order valence-electron chi connectivity index (χ3n) is 3.00. The fourth-order valence-electron chi connectivity index (χ4n) is 1.75. The highest BCUT2D eigenvalue weighted by molar-refractivity contribution is 9.10. The summed E-state index contributed by atoms with van der Waals surface area (Å²) in [6.45, 7) is 5.39. The minimum Gasteiger partial charge on any atom is -0.369 e. The number of hydrogen-bond acceptors (Lipinski definition) is 2. The zero-order chi connectivity index (χ0) is 10.8. The van der Waals surface area contributed by atoms with Crippen LogP contribution in [0.1, 0.15) is 25.3 Å². The van der Waals surface area contributed by atoms with Gasteiger partial charge in [-0.1, -0.05) is 6.92 Å². The van der Waals surface area contributed by atoms with Gasteiger partial charge in [0, 0.05) is 12.7 Å². The molecule has 1 atom stereocenters. The van der Waals surface area contributed by atoms with Gasteiger partial charge in [0.05, 0.1) is 4.47 Å². The highest BCUT2D eigenvalue weighted by Gasteiger charge is 2.27. The van der Waals surface area contributed by atoms with E-state index in [2.05, 4.69) is 39.2 Å². The van der Waals surface area contributed by atoms with Crippen LogP contribution in [-0.4, -0.2) is 11.5 Å². The number of pyridine rings is 1. The van der Waals surface area contributed by atoms with Crippen LogP contribution in [0.2, 0.25) is 0 Å². The summed E-state index contributed by atoms with van der Waals surface area (Å²) >= 11 is 3.52. The number of nitrogens with one attached hydrogen (secondary N) is 1. The molecule has 2 rings (SSSR count). The fourth-order valence-corrected chi connectivity index (χ4v) is 2.36. The first kappa shape index (κ1) is 10.9. The number of aromatic nitrogens is 1. The highest BCUT2D eigenvalue weighted by atomic mass is 79.9. The van der Waals surface area contributed by atoms with Gasteiger partial charge in [0.15, 0.2) is 0 Å². The van der Waals surface area contributed by atoms with Crippen LogP contribution in [0.25, 0.3) is 0 Å². The standard InChI is InChI=1S/C12H17BrN2/c1-8-5-11(13)12(14-6-8)15-7-9(2)10-3-4-10/h5-6,9-10H,3-4,7H2,1-2H3,(H,14,15). The maximum Gasteiger partial charge on any atom is 0.140 e. The van der Waals surface area contributed by atoms with E-state index in [-0.39, 0.29) is 0 Å². The summed E-state index contributed by atoms with van der Waals surface area (Å²) in [4.78, 5) is 4.37. The van der Waals surface area contributed by atoms with Crippen molar-refractivity contribution >= 4 is 21.7 Å². The van der Waals surface area contributed by atoms with Crippen molar-refractivity contribution in [2.45, 2.75) is 26.7 Å². The van der Waals surface area contributed by atoms with Crippen LogP contribution in [-0.2, 0) is 0 Å². The van der Waals surface area contributed by atoms with Crippen LogP contribution in [0.4, 0.5) is 5.82 Å². The lowest BCUT2D eigenvalue weighted by Gasteiger charge is -2.13. The minimum absolute atomic E-state index is 0.764. The van der Waals surface area contributed by atoms with Crippen molar-refractivity contribution in [2.24, 2.45) is 11.8 Å². The van der Waals surface area contributed by atoms with Gasteiger partial charge in [-0.05, 0) is 59.2 Å². The molecule has 1 unspecified atom stereocenters. The summed E-state index contributed by atoms with van der Waals surface area (Å²) in [5, 5.41) is 3.40. The summed E-state index contributed by atoms with van der Waals surface area (Å²) in [7, 11) is 0. The van der Waals surface area contributed by atoms with E-state index in [9.17, 15) is 0 Å². The van der Waals surface area contributed by atoms with Crippen LogP contribution in [0.5, 0.6) is 0 Å². The molecule has 0 bridgehead atoms. The molecule has 1 aromatic heterocycles. The number of halogens is 1. The molecule has 1 fully saturated rings. The largest absolute Gasteiger partial charge is 0.369 e. The van der Waals surface area contributed by atoms with E-state index in [1.54, 1.807) is 0 Å². The van der Waals surface area contributed by atoms with Crippen LogP contribution in [0, 0.1) is 18.8 Å². The number of hydrogen-bond donors (Lipinski definition) is 1. The molecular weight excluding hydrogens is 252 g/mol. The molecule has 0 aromatic carbocycles. The lowest BCUT2D eigenvalue weighted by atomic mass is 10.1. The molecule has 15 heavy (non-hydrogen) atoms. The van der Waals surface area contributed by atoms with E-state index < -0.39 is 0 Å². The summed E-state index contributed by atoms with van der Waals surface area (Å²) in [6, 6.07) is 2.09. The predicted octanol–water partition coefficient (Wildman–Crippen LogP) is 3.61. The van der Waals surface area contributed by atoms with Gasteiger partial charge in [-0.2, -0.15) is 0 Å². The molecule has 1 N–H and O–H groups in total. The van der Waals surface area contributed by atoms with Gasteiger partial charge in [0.1, 0.15) is 5.82 Å². The molecule has 82 valence electrons. The van der Waals surface area contributed by atoms with Gasteiger partial charge < -0.3 is 5.32 Å². The minimum atomic E-state index is 0.764. The van der Waals surface area contributed by atoms with Gasteiger partial charge in [-0.3, -0.25) is 0 Å². The predicted molar refractivity (Wildman–Crippen MR) is 67.1 cm³/mol. The summed E-state index contributed by atoms with van der Waals surface area (Å²) in [6.07, 6.45) is 4.71. The molecular formula is C12H17BrN2. The van der Waals surface area contributed by atoms with Crippen molar-refractivity contribution in [2.75, 3.05) is 11.9 Å². The van der Waals surface area contributed by atoms with Gasteiger partial charge in [-0.15, -0.1) is 0 Å². The van der Waals surface area contributed by atoms with Gasteiger partial charge in [-0.25, -0.2) is 4.98 Å². The number of aryl methyl sites for hydroxylation is 1. The molecule has 2 nitrogen and oxygen atoms in total. The SMILES string of the molecule is Cc1cnc(NCC(C)C2CC2)c(Br)c1. The van der Waals surface area contributed by atoms with E-state index in [1.165, 1.54) is 18.4 Å². The van der Waals surface area contributed by atoms with Crippen LogP contribution < -0.4 is 5.32 Å². The van der Waals surface area contributed by atoms with E-state index in [4.69, 9.17) is 0 Å². The first-order valence-electron chi connectivity index (χ1n) is 5.53. The fraction of sp³-hybridized carbons (Fsp3) is 0.583. The summed E-state index contributed by atoms with van der Waals surface area (Å²) in [5.41, 5.74) is 1.18. The average Bonchev–Trinajstić information content (AvgIpc) is 2.99. The Balaban J connectivity index is 1.92. The molecule has 3 heteroatoms. The van der Waals surface area contributed by atoms with Crippen LogP contribution in [0.3, 0.4) is 0 Å². The van der Waals surface area contributed by atoms with Crippen LogP contribution in [0.15, 0.2) is 16.7 Å². The molecule has 0 amide bonds. The maximum atomic E-state index is 4.37. The zero-order valence-electron chi connectivity index (χ0n) is 9.26. The molecule has 0 radical (unpaired) electrons. The Morgan fingerprint density at radius 3 is 2.93 bits per heavy atom. The third-order valence-corrected chi connectivity index (χ3v) is 3.60. The Bertz CT molecular complexity index is 347. The molecule has 0 spiro atoms. The van der Waals surface area contributed by atoms with Crippen molar-refractivity contribution in [3.63, 3.8) is 0 Å². The Kier molecular flexibility index (Phi) is 3.29. The Hall–Kier alpha value is -0.570. The van der Waals surface area contributed by atoms with Crippen molar-refractivity contribution in [3.8, 4) is 0 Å². The summed E-state index contributed by atoms with van der Waals surface area (Å²) in [5.74, 6) is 2.68. The molecule has 0 aliphatic heterocycles. The van der Waals surface area contributed by atoms with E-state index in [0.717, 1.165) is 28.7 Å². The van der Waals surface area contributed by atoms with Gasteiger partial charge in [0.25, 0.3) is 0 Å². The topological polar surface area (TPSA) is 24.9 Å². The Labute approximate surface area is 99.6 Å². The quantitative estimate of drug-likeness (QED) is 0.903. The van der Waals surface area contributed by atoms with E-state index in [0.29, 0.717) is 0 Å². The molecule has 1 aromatic rings. The highest BCUT2D eigenvalue weighted by Crippen LogP contribution is 2.36. The normalized spacial score (nSPS) is 17.5. The number of nitrogens with zero attached hydrogens (tertiary/aromatic N) is 1.